The molecule has 1 aromatic rings. The highest BCUT2D eigenvalue weighted by atomic mass is 32.1. The summed E-state index contributed by atoms with van der Waals surface area (Å²) < 4.78 is 5.43. The van der Waals surface area contributed by atoms with E-state index in [1.54, 1.807) is 7.11 Å². The highest BCUT2D eigenvalue weighted by molar-refractivity contribution is 7.10. The third-order valence-electron chi connectivity index (χ3n) is 4.24. The van der Waals surface area contributed by atoms with E-state index in [0.29, 0.717) is 12.1 Å². The Labute approximate surface area is 115 Å². The van der Waals surface area contributed by atoms with Crippen molar-refractivity contribution in [2.75, 3.05) is 7.11 Å². The lowest BCUT2D eigenvalue weighted by atomic mass is 9.95. The Morgan fingerprint density at radius 3 is 2.61 bits per heavy atom. The molecule has 1 N–H and O–H groups in total. The van der Waals surface area contributed by atoms with Gasteiger partial charge in [0.05, 0.1) is 6.10 Å². The first-order chi connectivity index (χ1) is 8.72. The van der Waals surface area contributed by atoms with E-state index >= 15 is 0 Å². The van der Waals surface area contributed by atoms with Crippen LogP contribution in [0.25, 0.3) is 0 Å². The Balaban J connectivity index is 2.05. The Bertz CT molecular complexity index is 332. The zero-order valence-corrected chi connectivity index (χ0v) is 12.5. The second kappa shape index (κ2) is 6.69. The van der Waals surface area contributed by atoms with Gasteiger partial charge in [-0.05, 0) is 44.1 Å². The molecule has 1 heterocycles. The van der Waals surface area contributed by atoms with Gasteiger partial charge in [0.25, 0.3) is 0 Å². The van der Waals surface area contributed by atoms with Crippen molar-refractivity contribution in [1.82, 2.24) is 5.32 Å². The Morgan fingerprint density at radius 2 is 2.06 bits per heavy atom. The predicted octanol–water partition coefficient (Wildman–Crippen LogP) is 3.99. The molecule has 2 nitrogen and oxygen atoms in total. The van der Waals surface area contributed by atoms with E-state index in [4.69, 9.17) is 4.74 Å². The molecule has 0 bridgehead atoms. The van der Waals surface area contributed by atoms with Gasteiger partial charge in [-0.15, -0.1) is 11.3 Å². The van der Waals surface area contributed by atoms with Crippen molar-refractivity contribution in [3.8, 4) is 0 Å². The number of hydrogen-bond donors (Lipinski definition) is 1. The second-order valence-electron chi connectivity index (χ2n) is 5.43. The molecule has 1 aromatic heterocycles. The minimum absolute atomic E-state index is 0.258. The minimum atomic E-state index is 0.258. The smallest absolute Gasteiger partial charge is 0.0693 e. The van der Waals surface area contributed by atoms with Gasteiger partial charge in [-0.2, -0.15) is 0 Å². The normalized spacial score (nSPS) is 21.9. The van der Waals surface area contributed by atoms with Crippen LogP contribution >= 0.6 is 11.3 Å². The summed E-state index contributed by atoms with van der Waals surface area (Å²) in [5.41, 5.74) is 0. The van der Waals surface area contributed by atoms with Crippen LogP contribution in [-0.2, 0) is 4.74 Å². The fraction of sp³-hybridized carbons (Fsp3) is 0.733. The lowest BCUT2D eigenvalue weighted by Gasteiger charge is -2.30. The molecule has 102 valence electrons. The fourth-order valence-corrected chi connectivity index (χ4v) is 3.71. The summed E-state index contributed by atoms with van der Waals surface area (Å²) in [6.45, 7) is 4.36. The zero-order chi connectivity index (χ0) is 13.0. The Hall–Kier alpha value is -0.380. The zero-order valence-electron chi connectivity index (χ0n) is 11.7. The molecule has 3 atom stereocenters. The van der Waals surface area contributed by atoms with E-state index in [2.05, 4.69) is 36.7 Å². The Kier molecular flexibility index (Phi) is 5.22. The van der Waals surface area contributed by atoms with Gasteiger partial charge >= 0.3 is 0 Å². The van der Waals surface area contributed by atoms with Crippen molar-refractivity contribution in [2.24, 2.45) is 5.92 Å². The number of hydrogen-bond acceptors (Lipinski definition) is 3. The summed E-state index contributed by atoms with van der Waals surface area (Å²) in [5.74, 6) is 0.801. The van der Waals surface area contributed by atoms with E-state index in [9.17, 15) is 0 Å². The third kappa shape index (κ3) is 3.34. The van der Waals surface area contributed by atoms with Crippen LogP contribution in [0.15, 0.2) is 17.5 Å². The summed E-state index contributed by atoms with van der Waals surface area (Å²) in [5, 5.41) is 5.98. The maximum atomic E-state index is 5.43. The van der Waals surface area contributed by atoms with Gasteiger partial charge in [0.2, 0.25) is 0 Å². The van der Waals surface area contributed by atoms with Crippen molar-refractivity contribution in [3.63, 3.8) is 0 Å². The largest absolute Gasteiger partial charge is 0.380 e. The maximum Gasteiger partial charge on any atom is 0.0693 e. The second-order valence-corrected chi connectivity index (χ2v) is 6.41. The molecule has 3 unspecified atom stereocenters. The van der Waals surface area contributed by atoms with Gasteiger partial charge in [-0.1, -0.05) is 18.9 Å². The number of methoxy groups -OCH3 is 1. The van der Waals surface area contributed by atoms with Gasteiger partial charge < -0.3 is 10.1 Å². The van der Waals surface area contributed by atoms with E-state index in [1.807, 2.05) is 11.3 Å². The molecule has 1 aliphatic rings. The molecular formula is C15H25NOS. The molecule has 0 saturated heterocycles. The molecule has 2 rings (SSSR count). The topological polar surface area (TPSA) is 21.3 Å². The molecule has 3 heteroatoms. The standard InChI is InChI=1S/C15H25NOS/c1-11(12(2)17-3)16-15(13-7-4-5-8-13)14-9-6-10-18-14/h6,9-13,15-16H,4-5,7-8H2,1-3H3. The molecule has 0 spiro atoms. The maximum absolute atomic E-state index is 5.43. The van der Waals surface area contributed by atoms with E-state index < -0.39 is 0 Å². The molecule has 0 radical (unpaired) electrons. The number of thiophene rings is 1. The first-order valence-electron chi connectivity index (χ1n) is 7.04. The number of nitrogens with one attached hydrogen (secondary N) is 1. The molecule has 18 heavy (non-hydrogen) atoms. The average molecular weight is 267 g/mol. The van der Waals surface area contributed by atoms with Crippen LogP contribution in [-0.4, -0.2) is 19.3 Å². The van der Waals surface area contributed by atoms with E-state index in [1.165, 1.54) is 30.6 Å². The van der Waals surface area contributed by atoms with Crippen LogP contribution in [0, 0.1) is 5.92 Å². The molecule has 1 fully saturated rings. The predicted molar refractivity (Wildman–Crippen MR) is 78.1 cm³/mol. The first-order valence-corrected chi connectivity index (χ1v) is 7.92. The number of ether oxygens (including phenoxy) is 1. The van der Waals surface area contributed by atoms with Crippen LogP contribution in [0.3, 0.4) is 0 Å². The highest BCUT2D eigenvalue weighted by Crippen LogP contribution is 2.37. The summed E-state index contributed by atoms with van der Waals surface area (Å²) in [6, 6.07) is 5.33. The summed E-state index contributed by atoms with van der Waals surface area (Å²) in [7, 11) is 1.79. The van der Waals surface area contributed by atoms with Crippen LogP contribution in [0.4, 0.5) is 0 Å². The summed E-state index contributed by atoms with van der Waals surface area (Å²) in [4.78, 5) is 1.48. The lowest BCUT2D eigenvalue weighted by molar-refractivity contribution is 0.0809. The Morgan fingerprint density at radius 1 is 1.33 bits per heavy atom. The van der Waals surface area contributed by atoms with Crippen LogP contribution in [0.5, 0.6) is 0 Å². The summed E-state index contributed by atoms with van der Waals surface area (Å²) in [6.07, 6.45) is 5.77. The van der Waals surface area contributed by atoms with Crippen molar-refractivity contribution >= 4 is 11.3 Å². The number of rotatable bonds is 6. The quantitative estimate of drug-likeness (QED) is 0.841. The highest BCUT2D eigenvalue weighted by Gasteiger charge is 2.29. The average Bonchev–Trinajstić information content (AvgIpc) is 3.06. The van der Waals surface area contributed by atoms with Crippen molar-refractivity contribution in [2.45, 2.75) is 57.7 Å². The summed E-state index contributed by atoms with van der Waals surface area (Å²) >= 11 is 1.88. The van der Waals surface area contributed by atoms with Crippen molar-refractivity contribution in [1.29, 1.82) is 0 Å². The molecule has 0 aromatic carbocycles. The SMILES string of the molecule is COC(C)C(C)NC(c1cccs1)C1CCCC1. The van der Waals surface area contributed by atoms with Crippen LogP contribution < -0.4 is 5.32 Å². The van der Waals surface area contributed by atoms with Gasteiger partial charge in [0, 0.05) is 24.1 Å². The van der Waals surface area contributed by atoms with Gasteiger partial charge in [0.1, 0.15) is 0 Å². The molecule has 0 aliphatic heterocycles. The van der Waals surface area contributed by atoms with E-state index in [-0.39, 0.29) is 6.10 Å². The van der Waals surface area contributed by atoms with Crippen LogP contribution in [0.1, 0.15) is 50.4 Å². The van der Waals surface area contributed by atoms with Gasteiger partial charge in [-0.25, -0.2) is 0 Å². The minimum Gasteiger partial charge on any atom is -0.380 e. The van der Waals surface area contributed by atoms with Crippen molar-refractivity contribution in [3.05, 3.63) is 22.4 Å². The molecule has 1 saturated carbocycles. The van der Waals surface area contributed by atoms with Crippen molar-refractivity contribution < 1.29 is 4.74 Å². The molecule has 0 amide bonds. The van der Waals surface area contributed by atoms with Gasteiger partial charge in [-0.3, -0.25) is 0 Å². The van der Waals surface area contributed by atoms with E-state index in [0.717, 1.165) is 5.92 Å². The molecular weight excluding hydrogens is 242 g/mol. The first kappa shape index (κ1) is 14.0. The van der Waals surface area contributed by atoms with Crippen LogP contribution in [0.2, 0.25) is 0 Å². The third-order valence-corrected chi connectivity index (χ3v) is 5.19. The van der Waals surface area contributed by atoms with Gasteiger partial charge in [0.15, 0.2) is 0 Å². The molecule has 1 aliphatic carbocycles. The fourth-order valence-electron chi connectivity index (χ4n) is 2.83. The monoisotopic (exact) mass is 267 g/mol. The lowest BCUT2D eigenvalue weighted by Crippen LogP contribution is -2.41.